The van der Waals surface area contributed by atoms with Crippen molar-refractivity contribution in [1.82, 2.24) is 15.1 Å². The molecule has 0 aliphatic carbocycles. The van der Waals surface area contributed by atoms with Gasteiger partial charge in [-0.2, -0.15) is 5.10 Å². The molecule has 0 aliphatic heterocycles. The van der Waals surface area contributed by atoms with Crippen LogP contribution in [0.1, 0.15) is 17.3 Å². The predicted molar refractivity (Wildman–Crippen MR) is 82.9 cm³/mol. The minimum Gasteiger partial charge on any atom is -0.313 e. The molecular weight excluding hydrogens is 361 g/mol. The van der Waals surface area contributed by atoms with Crippen molar-refractivity contribution >= 4 is 34.2 Å². The van der Waals surface area contributed by atoms with Crippen molar-refractivity contribution in [2.24, 2.45) is 7.05 Å². The van der Waals surface area contributed by atoms with Gasteiger partial charge in [-0.25, -0.2) is 0 Å². The van der Waals surface area contributed by atoms with Gasteiger partial charge in [0.2, 0.25) is 0 Å². The predicted octanol–water partition coefficient (Wildman–Crippen LogP) is 3.18. The summed E-state index contributed by atoms with van der Waals surface area (Å²) in [5.74, 6) is 0. The Morgan fingerprint density at radius 1 is 1.44 bits per heavy atom. The van der Waals surface area contributed by atoms with Gasteiger partial charge in [-0.15, -0.1) is 0 Å². The third-order valence-corrected chi connectivity index (χ3v) is 4.08. The van der Waals surface area contributed by atoms with E-state index >= 15 is 0 Å². The first-order chi connectivity index (χ1) is 8.60. The second-order valence-electron chi connectivity index (χ2n) is 4.19. The van der Waals surface area contributed by atoms with Crippen LogP contribution in [0, 0.1) is 3.57 Å². The van der Waals surface area contributed by atoms with Crippen molar-refractivity contribution < 1.29 is 0 Å². The molecule has 0 bridgehead atoms. The number of aryl methyl sites for hydroxylation is 1. The van der Waals surface area contributed by atoms with Crippen molar-refractivity contribution in [2.45, 2.75) is 12.5 Å². The zero-order valence-electron chi connectivity index (χ0n) is 10.3. The monoisotopic (exact) mass is 375 g/mol. The smallest absolute Gasteiger partial charge is 0.0643 e. The molecule has 1 unspecified atom stereocenters. The van der Waals surface area contributed by atoms with Crippen LogP contribution in [0.5, 0.6) is 0 Å². The van der Waals surface area contributed by atoms with E-state index in [-0.39, 0.29) is 6.04 Å². The second kappa shape index (κ2) is 6.04. The summed E-state index contributed by atoms with van der Waals surface area (Å²) in [5.41, 5.74) is 2.30. The van der Waals surface area contributed by atoms with Gasteiger partial charge in [0.25, 0.3) is 0 Å². The van der Waals surface area contributed by atoms with Crippen LogP contribution in [0.2, 0.25) is 5.02 Å². The van der Waals surface area contributed by atoms with Crippen LogP contribution in [0.15, 0.2) is 30.5 Å². The molecule has 1 aromatic heterocycles. The minimum atomic E-state index is 0.227. The number of halogens is 2. The van der Waals surface area contributed by atoms with Gasteiger partial charge in [-0.1, -0.05) is 11.6 Å². The lowest BCUT2D eigenvalue weighted by Gasteiger charge is -2.17. The molecule has 3 nitrogen and oxygen atoms in total. The normalized spacial score (nSPS) is 12.7. The quantitative estimate of drug-likeness (QED) is 0.832. The Balaban J connectivity index is 2.25. The van der Waals surface area contributed by atoms with Gasteiger partial charge in [0.05, 0.1) is 5.69 Å². The fourth-order valence-electron chi connectivity index (χ4n) is 1.93. The maximum Gasteiger partial charge on any atom is 0.0643 e. The molecule has 0 amide bonds. The number of hydrogen-bond acceptors (Lipinski definition) is 2. The van der Waals surface area contributed by atoms with E-state index in [1.54, 1.807) is 0 Å². The lowest BCUT2D eigenvalue weighted by atomic mass is 10.0. The molecule has 0 saturated heterocycles. The molecule has 1 heterocycles. The number of rotatable bonds is 4. The van der Waals surface area contributed by atoms with E-state index in [9.17, 15) is 0 Å². The second-order valence-corrected chi connectivity index (χ2v) is 5.79. The van der Waals surface area contributed by atoms with Crippen LogP contribution < -0.4 is 5.32 Å². The molecule has 2 aromatic rings. The van der Waals surface area contributed by atoms with Crippen LogP contribution in [0.25, 0.3) is 0 Å². The molecular formula is C13H15ClIN3. The van der Waals surface area contributed by atoms with Gasteiger partial charge in [-0.05, 0) is 59.5 Å². The van der Waals surface area contributed by atoms with Gasteiger partial charge < -0.3 is 5.32 Å². The minimum absolute atomic E-state index is 0.227. The largest absolute Gasteiger partial charge is 0.313 e. The molecule has 0 radical (unpaired) electrons. The number of hydrogen-bond donors (Lipinski definition) is 1. The Bertz CT molecular complexity index is 539. The first-order valence-electron chi connectivity index (χ1n) is 5.71. The maximum absolute atomic E-state index is 6.07. The molecule has 0 spiro atoms. The zero-order chi connectivity index (χ0) is 13.1. The standard InChI is InChI=1S/C13H15ClIN3/c1-16-13(8-10-5-6-18(2)17-10)11-7-9(14)3-4-12(11)15/h3-7,13,16H,8H2,1-2H3. The summed E-state index contributed by atoms with van der Waals surface area (Å²) in [4.78, 5) is 0. The van der Waals surface area contributed by atoms with Gasteiger partial charge >= 0.3 is 0 Å². The van der Waals surface area contributed by atoms with Crippen LogP contribution in [0.4, 0.5) is 0 Å². The van der Waals surface area contributed by atoms with E-state index in [0.717, 1.165) is 17.1 Å². The first kappa shape index (κ1) is 13.8. The lowest BCUT2D eigenvalue weighted by Crippen LogP contribution is -2.20. The Morgan fingerprint density at radius 2 is 2.22 bits per heavy atom. The highest BCUT2D eigenvalue weighted by atomic mass is 127. The van der Waals surface area contributed by atoms with E-state index < -0.39 is 0 Å². The Kier molecular flexibility index (Phi) is 4.64. The summed E-state index contributed by atoms with van der Waals surface area (Å²) < 4.78 is 3.04. The van der Waals surface area contributed by atoms with Crippen molar-refractivity contribution in [3.05, 3.63) is 50.3 Å². The molecule has 1 atom stereocenters. The number of likely N-dealkylation sites (N-methyl/N-ethyl adjacent to an activating group) is 1. The van der Waals surface area contributed by atoms with Gasteiger partial charge in [0, 0.05) is 34.3 Å². The highest BCUT2D eigenvalue weighted by molar-refractivity contribution is 14.1. The summed E-state index contributed by atoms with van der Waals surface area (Å²) in [6.07, 6.45) is 2.82. The molecule has 18 heavy (non-hydrogen) atoms. The molecule has 1 N–H and O–H groups in total. The van der Waals surface area contributed by atoms with E-state index in [4.69, 9.17) is 11.6 Å². The number of nitrogens with one attached hydrogen (secondary N) is 1. The van der Waals surface area contributed by atoms with Crippen molar-refractivity contribution in [3.63, 3.8) is 0 Å². The fourth-order valence-corrected chi connectivity index (χ4v) is 2.82. The zero-order valence-corrected chi connectivity index (χ0v) is 13.2. The molecule has 0 fully saturated rings. The number of nitrogens with zero attached hydrogens (tertiary/aromatic N) is 2. The Morgan fingerprint density at radius 3 is 2.83 bits per heavy atom. The summed E-state index contributed by atoms with van der Waals surface area (Å²) in [7, 11) is 3.89. The summed E-state index contributed by atoms with van der Waals surface area (Å²) in [6, 6.07) is 8.25. The van der Waals surface area contributed by atoms with Gasteiger partial charge in [-0.3, -0.25) is 4.68 Å². The van der Waals surface area contributed by atoms with Crippen molar-refractivity contribution in [1.29, 1.82) is 0 Å². The molecule has 1 aromatic carbocycles. The topological polar surface area (TPSA) is 29.9 Å². The average Bonchev–Trinajstić information content (AvgIpc) is 2.75. The van der Waals surface area contributed by atoms with E-state index in [2.05, 4.69) is 33.0 Å². The highest BCUT2D eigenvalue weighted by Gasteiger charge is 2.15. The molecule has 96 valence electrons. The summed E-state index contributed by atoms with van der Waals surface area (Å²) in [5, 5.41) is 8.52. The summed E-state index contributed by atoms with van der Waals surface area (Å²) in [6.45, 7) is 0. The molecule has 0 saturated carbocycles. The summed E-state index contributed by atoms with van der Waals surface area (Å²) >= 11 is 8.41. The maximum atomic E-state index is 6.07. The van der Waals surface area contributed by atoms with Gasteiger partial charge in [0.1, 0.15) is 0 Å². The SMILES string of the molecule is CNC(Cc1ccn(C)n1)c1cc(Cl)ccc1I. The fraction of sp³-hybridized carbons (Fsp3) is 0.308. The highest BCUT2D eigenvalue weighted by Crippen LogP contribution is 2.25. The Labute approximate surface area is 126 Å². The number of benzene rings is 1. The average molecular weight is 376 g/mol. The van der Waals surface area contributed by atoms with Crippen molar-refractivity contribution in [3.8, 4) is 0 Å². The molecule has 0 aliphatic rings. The number of aromatic nitrogens is 2. The van der Waals surface area contributed by atoms with E-state index in [0.29, 0.717) is 0 Å². The third-order valence-electron chi connectivity index (χ3n) is 2.86. The van der Waals surface area contributed by atoms with Crippen LogP contribution in [0.3, 0.4) is 0 Å². The van der Waals surface area contributed by atoms with E-state index in [1.807, 2.05) is 49.2 Å². The van der Waals surface area contributed by atoms with Gasteiger partial charge in [0.15, 0.2) is 0 Å². The van der Waals surface area contributed by atoms with Crippen LogP contribution in [-0.2, 0) is 13.5 Å². The Hall–Kier alpha value is -0.590. The van der Waals surface area contributed by atoms with Crippen LogP contribution >= 0.6 is 34.2 Å². The van der Waals surface area contributed by atoms with Crippen molar-refractivity contribution in [2.75, 3.05) is 7.05 Å². The van der Waals surface area contributed by atoms with E-state index in [1.165, 1.54) is 9.13 Å². The molecule has 2 rings (SSSR count). The van der Waals surface area contributed by atoms with Crippen LogP contribution in [-0.4, -0.2) is 16.8 Å². The third kappa shape index (κ3) is 3.24. The first-order valence-corrected chi connectivity index (χ1v) is 7.16. The molecule has 5 heteroatoms. The lowest BCUT2D eigenvalue weighted by molar-refractivity contribution is 0.575.